The lowest BCUT2D eigenvalue weighted by molar-refractivity contribution is 0.143. The van der Waals surface area contributed by atoms with E-state index in [4.69, 9.17) is 0 Å². The number of aliphatic hydroxyl groups is 1. The quantitative estimate of drug-likeness (QED) is 0.816. The van der Waals surface area contributed by atoms with E-state index in [9.17, 15) is 5.11 Å². The van der Waals surface area contributed by atoms with Crippen molar-refractivity contribution < 1.29 is 5.11 Å². The fraction of sp³-hybridized carbons (Fsp3) is 0.714. The van der Waals surface area contributed by atoms with Crippen molar-refractivity contribution in [1.82, 2.24) is 5.32 Å². The Bertz CT molecular complexity index is 346. The molecule has 0 aliphatic carbocycles. The zero-order valence-electron chi connectivity index (χ0n) is 11.6. The first-order valence-electron chi connectivity index (χ1n) is 6.38. The summed E-state index contributed by atoms with van der Waals surface area (Å²) in [6.45, 7) is 11.4. The molecule has 0 fully saturated rings. The van der Waals surface area contributed by atoms with E-state index in [1.165, 1.54) is 15.3 Å². The molecular formula is C14H25NOS. The molecule has 1 aromatic rings. The molecule has 0 saturated heterocycles. The van der Waals surface area contributed by atoms with Crippen LogP contribution in [0.5, 0.6) is 0 Å². The molecule has 2 N–H and O–H groups in total. The van der Waals surface area contributed by atoms with Crippen LogP contribution in [-0.4, -0.2) is 17.8 Å². The van der Waals surface area contributed by atoms with Gasteiger partial charge in [0.25, 0.3) is 0 Å². The Hall–Kier alpha value is -0.380. The standard InChI is InChI=1S/C14H25NOS/c1-9(2)6-13(16)8-15-11(4)14-7-10(3)17-12(14)5/h7,9,11,13,15-16H,6,8H2,1-5H3. The highest BCUT2D eigenvalue weighted by Crippen LogP contribution is 2.26. The van der Waals surface area contributed by atoms with Gasteiger partial charge in [-0.1, -0.05) is 13.8 Å². The summed E-state index contributed by atoms with van der Waals surface area (Å²) in [5, 5.41) is 13.2. The van der Waals surface area contributed by atoms with Gasteiger partial charge in [-0.3, -0.25) is 0 Å². The number of rotatable bonds is 6. The van der Waals surface area contributed by atoms with Crippen LogP contribution in [0.1, 0.15) is 48.6 Å². The van der Waals surface area contributed by atoms with Crippen LogP contribution in [0.15, 0.2) is 6.07 Å². The van der Waals surface area contributed by atoms with Crippen LogP contribution in [0.4, 0.5) is 0 Å². The Balaban J connectivity index is 2.44. The highest BCUT2D eigenvalue weighted by atomic mass is 32.1. The third kappa shape index (κ3) is 4.78. The monoisotopic (exact) mass is 255 g/mol. The molecule has 0 saturated carbocycles. The van der Waals surface area contributed by atoms with E-state index in [2.05, 4.69) is 46.0 Å². The van der Waals surface area contributed by atoms with Crippen LogP contribution in [0.25, 0.3) is 0 Å². The van der Waals surface area contributed by atoms with Crippen LogP contribution >= 0.6 is 11.3 Å². The Morgan fingerprint density at radius 3 is 2.41 bits per heavy atom. The summed E-state index contributed by atoms with van der Waals surface area (Å²) < 4.78 is 0. The predicted octanol–water partition coefficient (Wildman–Crippen LogP) is 3.42. The first kappa shape index (κ1) is 14.7. The second kappa shape index (κ2) is 6.53. The zero-order valence-corrected chi connectivity index (χ0v) is 12.4. The lowest BCUT2D eigenvalue weighted by atomic mass is 10.0. The molecule has 98 valence electrons. The minimum atomic E-state index is -0.238. The smallest absolute Gasteiger partial charge is 0.0667 e. The van der Waals surface area contributed by atoms with Crippen LogP contribution in [0, 0.1) is 19.8 Å². The number of hydrogen-bond acceptors (Lipinski definition) is 3. The average Bonchev–Trinajstić information content (AvgIpc) is 2.53. The molecule has 3 heteroatoms. The molecule has 0 radical (unpaired) electrons. The van der Waals surface area contributed by atoms with Gasteiger partial charge in [0.1, 0.15) is 0 Å². The molecule has 2 atom stereocenters. The van der Waals surface area contributed by atoms with Crippen LogP contribution in [0.2, 0.25) is 0 Å². The first-order valence-corrected chi connectivity index (χ1v) is 7.20. The molecule has 1 aromatic heterocycles. The van der Waals surface area contributed by atoms with Crippen molar-refractivity contribution in [2.24, 2.45) is 5.92 Å². The number of thiophene rings is 1. The zero-order chi connectivity index (χ0) is 13.0. The topological polar surface area (TPSA) is 32.3 Å². The number of nitrogens with one attached hydrogen (secondary N) is 1. The van der Waals surface area contributed by atoms with E-state index < -0.39 is 0 Å². The van der Waals surface area contributed by atoms with E-state index in [0.717, 1.165) is 6.42 Å². The SMILES string of the molecule is Cc1cc(C(C)NCC(O)CC(C)C)c(C)s1. The van der Waals surface area contributed by atoms with E-state index in [1.54, 1.807) is 0 Å². The van der Waals surface area contributed by atoms with Gasteiger partial charge in [-0.15, -0.1) is 11.3 Å². The summed E-state index contributed by atoms with van der Waals surface area (Å²) in [4.78, 5) is 2.73. The molecule has 1 rings (SSSR count). The number of aryl methyl sites for hydroxylation is 2. The Morgan fingerprint density at radius 2 is 1.94 bits per heavy atom. The first-order chi connectivity index (χ1) is 7.90. The van der Waals surface area contributed by atoms with E-state index in [1.807, 2.05) is 11.3 Å². The summed E-state index contributed by atoms with van der Waals surface area (Å²) in [6.07, 6.45) is 0.624. The predicted molar refractivity (Wildman–Crippen MR) is 75.7 cm³/mol. The van der Waals surface area contributed by atoms with Gasteiger partial charge in [0, 0.05) is 22.3 Å². The maximum absolute atomic E-state index is 9.83. The normalized spacial score (nSPS) is 15.2. The third-order valence-corrected chi connectivity index (χ3v) is 3.93. The third-order valence-electron chi connectivity index (χ3n) is 2.95. The summed E-state index contributed by atoms with van der Waals surface area (Å²) in [5.41, 5.74) is 1.37. The van der Waals surface area contributed by atoms with Crippen LogP contribution in [-0.2, 0) is 0 Å². The molecule has 0 aliphatic heterocycles. The van der Waals surface area contributed by atoms with Gasteiger partial charge < -0.3 is 10.4 Å². The van der Waals surface area contributed by atoms with E-state index >= 15 is 0 Å². The van der Waals surface area contributed by atoms with Gasteiger partial charge in [-0.05, 0) is 44.7 Å². The number of aliphatic hydroxyl groups excluding tert-OH is 1. The average molecular weight is 255 g/mol. The number of hydrogen-bond donors (Lipinski definition) is 2. The fourth-order valence-electron chi connectivity index (χ4n) is 2.13. The van der Waals surface area contributed by atoms with Gasteiger partial charge >= 0.3 is 0 Å². The van der Waals surface area contributed by atoms with Crippen molar-refractivity contribution in [2.45, 2.75) is 53.2 Å². The highest BCUT2D eigenvalue weighted by Gasteiger charge is 2.13. The molecule has 2 nitrogen and oxygen atoms in total. The second-order valence-electron chi connectivity index (χ2n) is 5.28. The van der Waals surface area contributed by atoms with Crippen molar-refractivity contribution in [2.75, 3.05) is 6.54 Å². The molecule has 1 heterocycles. The van der Waals surface area contributed by atoms with Crippen LogP contribution < -0.4 is 5.32 Å². The Morgan fingerprint density at radius 1 is 1.29 bits per heavy atom. The lowest BCUT2D eigenvalue weighted by Crippen LogP contribution is -2.30. The molecule has 0 aliphatic rings. The maximum Gasteiger partial charge on any atom is 0.0667 e. The molecule has 0 amide bonds. The van der Waals surface area contributed by atoms with E-state index in [-0.39, 0.29) is 6.10 Å². The van der Waals surface area contributed by atoms with Crippen molar-refractivity contribution in [3.8, 4) is 0 Å². The van der Waals surface area contributed by atoms with Crippen LogP contribution in [0.3, 0.4) is 0 Å². The lowest BCUT2D eigenvalue weighted by Gasteiger charge is -2.18. The van der Waals surface area contributed by atoms with Crippen molar-refractivity contribution in [3.05, 3.63) is 21.4 Å². The van der Waals surface area contributed by atoms with Gasteiger partial charge in [-0.2, -0.15) is 0 Å². The minimum absolute atomic E-state index is 0.238. The van der Waals surface area contributed by atoms with Gasteiger partial charge in [-0.25, -0.2) is 0 Å². The largest absolute Gasteiger partial charge is 0.392 e. The van der Waals surface area contributed by atoms with Gasteiger partial charge in [0.2, 0.25) is 0 Å². The van der Waals surface area contributed by atoms with E-state index in [0.29, 0.717) is 18.5 Å². The van der Waals surface area contributed by atoms with Crippen molar-refractivity contribution in [3.63, 3.8) is 0 Å². The Labute approximate surface area is 109 Å². The van der Waals surface area contributed by atoms with Crippen molar-refractivity contribution in [1.29, 1.82) is 0 Å². The molecule has 17 heavy (non-hydrogen) atoms. The molecular weight excluding hydrogens is 230 g/mol. The van der Waals surface area contributed by atoms with Gasteiger partial charge in [0.15, 0.2) is 0 Å². The van der Waals surface area contributed by atoms with Crippen molar-refractivity contribution >= 4 is 11.3 Å². The highest BCUT2D eigenvalue weighted by molar-refractivity contribution is 7.12. The molecule has 0 bridgehead atoms. The molecule has 0 spiro atoms. The fourth-order valence-corrected chi connectivity index (χ4v) is 3.15. The Kier molecular flexibility index (Phi) is 5.63. The maximum atomic E-state index is 9.83. The molecule has 0 aromatic carbocycles. The summed E-state index contributed by atoms with van der Waals surface area (Å²) in [6, 6.07) is 2.56. The summed E-state index contributed by atoms with van der Waals surface area (Å²) in [5.74, 6) is 0.548. The van der Waals surface area contributed by atoms with Gasteiger partial charge in [0.05, 0.1) is 6.10 Å². The minimum Gasteiger partial charge on any atom is -0.392 e. The second-order valence-corrected chi connectivity index (χ2v) is 6.74. The summed E-state index contributed by atoms with van der Waals surface area (Å²) >= 11 is 1.84. The molecule has 2 unspecified atom stereocenters. The summed E-state index contributed by atoms with van der Waals surface area (Å²) in [7, 11) is 0.